The lowest BCUT2D eigenvalue weighted by atomic mass is 9.98. The molecule has 3 N–H and O–H groups in total. The zero-order chi connectivity index (χ0) is 14.7. The Hall–Kier alpha value is -1.58. The molecule has 0 saturated carbocycles. The second-order valence-electron chi connectivity index (χ2n) is 5.03. The predicted octanol–water partition coefficient (Wildman–Crippen LogP) is 2.00. The standard InChI is InChI=1S/C14H19N3O2S/c1-2-11(19)13-12(16)10(7-15)14(20-13)17-5-3-9(8-18)4-6-17/h9,18H,2-6,8,16H2,1H3. The quantitative estimate of drug-likeness (QED) is 0.829. The summed E-state index contributed by atoms with van der Waals surface area (Å²) in [5, 5.41) is 19.3. The molecule has 0 aliphatic carbocycles. The molecule has 0 spiro atoms. The first-order valence-corrected chi connectivity index (χ1v) is 7.65. The molecule has 1 aromatic heterocycles. The van der Waals surface area contributed by atoms with Gasteiger partial charge in [-0.2, -0.15) is 5.26 Å². The van der Waals surface area contributed by atoms with E-state index in [1.165, 1.54) is 11.3 Å². The summed E-state index contributed by atoms with van der Waals surface area (Å²) in [5.41, 5.74) is 6.70. The number of piperidine rings is 1. The van der Waals surface area contributed by atoms with E-state index in [9.17, 15) is 10.1 Å². The van der Waals surface area contributed by atoms with Crippen LogP contribution in [-0.2, 0) is 0 Å². The number of nitriles is 1. The van der Waals surface area contributed by atoms with Crippen LogP contribution in [0.25, 0.3) is 0 Å². The van der Waals surface area contributed by atoms with Gasteiger partial charge in [0, 0.05) is 26.1 Å². The number of aliphatic hydroxyl groups excluding tert-OH is 1. The Morgan fingerprint density at radius 2 is 2.20 bits per heavy atom. The number of nitrogen functional groups attached to an aromatic ring is 1. The van der Waals surface area contributed by atoms with E-state index in [-0.39, 0.29) is 12.4 Å². The summed E-state index contributed by atoms with van der Waals surface area (Å²) in [4.78, 5) is 14.5. The third-order valence-electron chi connectivity index (χ3n) is 3.77. The lowest BCUT2D eigenvalue weighted by Gasteiger charge is -2.31. The minimum Gasteiger partial charge on any atom is -0.396 e. The summed E-state index contributed by atoms with van der Waals surface area (Å²) in [7, 11) is 0. The molecule has 5 nitrogen and oxygen atoms in total. The summed E-state index contributed by atoms with van der Waals surface area (Å²) >= 11 is 1.33. The molecular formula is C14H19N3O2S. The van der Waals surface area contributed by atoms with Crippen molar-refractivity contribution < 1.29 is 9.90 Å². The SMILES string of the molecule is CCC(=O)c1sc(N2CCC(CO)CC2)c(C#N)c1N. The Bertz CT molecular complexity index is 539. The van der Waals surface area contributed by atoms with Crippen molar-refractivity contribution in [2.45, 2.75) is 26.2 Å². The molecule has 1 aliphatic rings. The molecule has 0 atom stereocenters. The van der Waals surface area contributed by atoms with Gasteiger partial charge in [-0.05, 0) is 18.8 Å². The number of thiophene rings is 1. The van der Waals surface area contributed by atoms with E-state index in [1.807, 2.05) is 0 Å². The van der Waals surface area contributed by atoms with Gasteiger partial charge in [0.2, 0.25) is 0 Å². The van der Waals surface area contributed by atoms with E-state index in [4.69, 9.17) is 10.8 Å². The first-order chi connectivity index (χ1) is 9.62. The molecule has 0 radical (unpaired) electrons. The second kappa shape index (κ2) is 6.25. The summed E-state index contributed by atoms with van der Waals surface area (Å²) in [6.45, 7) is 3.59. The van der Waals surface area contributed by atoms with Crippen LogP contribution in [-0.4, -0.2) is 30.6 Å². The van der Waals surface area contributed by atoms with Crippen LogP contribution in [0.4, 0.5) is 10.7 Å². The maximum atomic E-state index is 11.9. The minimum atomic E-state index is -0.0134. The molecule has 6 heteroatoms. The van der Waals surface area contributed by atoms with Crippen LogP contribution in [0.2, 0.25) is 0 Å². The van der Waals surface area contributed by atoms with Crippen LogP contribution in [0, 0.1) is 17.2 Å². The molecule has 0 amide bonds. The highest BCUT2D eigenvalue weighted by Crippen LogP contribution is 2.39. The maximum absolute atomic E-state index is 11.9. The number of nitrogens with two attached hydrogens (primary N) is 1. The van der Waals surface area contributed by atoms with E-state index in [2.05, 4.69) is 11.0 Å². The van der Waals surface area contributed by atoms with E-state index in [0.717, 1.165) is 30.9 Å². The van der Waals surface area contributed by atoms with Gasteiger partial charge in [-0.25, -0.2) is 0 Å². The van der Waals surface area contributed by atoms with E-state index >= 15 is 0 Å². The van der Waals surface area contributed by atoms with Crippen LogP contribution in [0.15, 0.2) is 0 Å². The number of Topliss-reactive ketones (excluding diaryl/α,β-unsaturated/α-hetero) is 1. The van der Waals surface area contributed by atoms with Gasteiger partial charge in [-0.3, -0.25) is 4.79 Å². The smallest absolute Gasteiger partial charge is 0.174 e. The number of anilines is 2. The van der Waals surface area contributed by atoms with E-state index < -0.39 is 0 Å². The fraction of sp³-hybridized carbons (Fsp3) is 0.571. The molecule has 108 valence electrons. The fourth-order valence-electron chi connectivity index (χ4n) is 2.45. The molecular weight excluding hydrogens is 274 g/mol. The van der Waals surface area contributed by atoms with Crippen molar-refractivity contribution in [1.29, 1.82) is 5.26 Å². The molecule has 0 aromatic carbocycles. The lowest BCUT2D eigenvalue weighted by Crippen LogP contribution is -2.34. The van der Waals surface area contributed by atoms with Gasteiger partial charge in [0.15, 0.2) is 5.78 Å². The van der Waals surface area contributed by atoms with Gasteiger partial charge in [-0.1, -0.05) is 6.92 Å². The summed E-state index contributed by atoms with van der Waals surface area (Å²) < 4.78 is 0. The van der Waals surface area contributed by atoms with Crippen molar-refractivity contribution in [3.05, 3.63) is 10.4 Å². The molecule has 1 aliphatic heterocycles. The van der Waals surface area contributed by atoms with Crippen molar-refractivity contribution in [1.82, 2.24) is 0 Å². The second-order valence-corrected chi connectivity index (χ2v) is 6.03. The number of hydrogen-bond donors (Lipinski definition) is 2. The Balaban J connectivity index is 2.28. The van der Waals surface area contributed by atoms with Gasteiger partial charge >= 0.3 is 0 Å². The normalized spacial score (nSPS) is 16.1. The number of carbonyl (C=O) groups is 1. The molecule has 2 rings (SSSR count). The highest BCUT2D eigenvalue weighted by molar-refractivity contribution is 7.19. The van der Waals surface area contributed by atoms with Gasteiger partial charge in [0.25, 0.3) is 0 Å². The molecule has 1 saturated heterocycles. The topological polar surface area (TPSA) is 90.4 Å². The predicted molar refractivity (Wildman–Crippen MR) is 80.1 cm³/mol. The summed E-state index contributed by atoms with van der Waals surface area (Å²) in [6.07, 6.45) is 2.19. The summed E-state index contributed by atoms with van der Waals surface area (Å²) in [6, 6.07) is 2.13. The molecule has 1 aromatic rings. The number of nitrogens with zero attached hydrogens (tertiary/aromatic N) is 2. The minimum absolute atomic E-state index is 0.0134. The molecule has 20 heavy (non-hydrogen) atoms. The number of aliphatic hydroxyl groups is 1. The third-order valence-corrected chi connectivity index (χ3v) is 5.08. The number of rotatable bonds is 4. The lowest BCUT2D eigenvalue weighted by molar-refractivity contribution is 0.0993. The third kappa shape index (κ3) is 2.65. The summed E-state index contributed by atoms with van der Waals surface area (Å²) in [5.74, 6) is 0.325. The number of ketones is 1. The Morgan fingerprint density at radius 1 is 1.55 bits per heavy atom. The van der Waals surface area contributed by atoms with Gasteiger partial charge in [0.1, 0.15) is 16.6 Å². The van der Waals surface area contributed by atoms with E-state index in [0.29, 0.717) is 28.5 Å². The molecule has 2 heterocycles. The molecule has 0 unspecified atom stereocenters. The van der Waals surface area contributed by atoms with Crippen molar-refractivity contribution in [2.24, 2.45) is 5.92 Å². The van der Waals surface area contributed by atoms with Gasteiger partial charge < -0.3 is 15.7 Å². The average Bonchev–Trinajstić information content (AvgIpc) is 2.83. The largest absolute Gasteiger partial charge is 0.396 e. The molecule has 1 fully saturated rings. The molecule has 0 bridgehead atoms. The van der Waals surface area contributed by atoms with Gasteiger partial charge in [0.05, 0.1) is 10.6 Å². The zero-order valence-corrected chi connectivity index (χ0v) is 12.4. The highest BCUT2D eigenvalue weighted by Gasteiger charge is 2.26. The van der Waals surface area contributed by atoms with Crippen molar-refractivity contribution in [2.75, 3.05) is 30.3 Å². The fourth-order valence-corrected chi connectivity index (χ4v) is 3.68. The monoisotopic (exact) mass is 293 g/mol. The number of hydrogen-bond acceptors (Lipinski definition) is 6. The maximum Gasteiger partial charge on any atom is 0.174 e. The van der Waals surface area contributed by atoms with Crippen LogP contribution in [0.3, 0.4) is 0 Å². The van der Waals surface area contributed by atoms with Crippen LogP contribution in [0.1, 0.15) is 41.4 Å². The Labute approximate surface area is 122 Å². The van der Waals surface area contributed by atoms with Gasteiger partial charge in [-0.15, -0.1) is 11.3 Å². The zero-order valence-electron chi connectivity index (χ0n) is 11.6. The Morgan fingerprint density at radius 3 is 2.70 bits per heavy atom. The van der Waals surface area contributed by atoms with Crippen LogP contribution >= 0.6 is 11.3 Å². The van der Waals surface area contributed by atoms with Crippen molar-refractivity contribution >= 4 is 27.8 Å². The average molecular weight is 293 g/mol. The highest BCUT2D eigenvalue weighted by atomic mass is 32.1. The van der Waals surface area contributed by atoms with Crippen molar-refractivity contribution in [3.63, 3.8) is 0 Å². The van der Waals surface area contributed by atoms with Crippen LogP contribution < -0.4 is 10.6 Å². The first-order valence-electron chi connectivity index (χ1n) is 6.83. The number of carbonyl (C=O) groups excluding carboxylic acids is 1. The van der Waals surface area contributed by atoms with E-state index in [1.54, 1.807) is 6.92 Å². The Kier molecular flexibility index (Phi) is 4.63. The van der Waals surface area contributed by atoms with Crippen LogP contribution in [0.5, 0.6) is 0 Å². The van der Waals surface area contributed by atoms with Crippen molar-refractivity contribution in [3.8, 4) is 6.07 Å². The first kappa shape index (κ1) is 14.8.